The highest BCUT2D eigenvalue weighted by Gasteiger charge is 2.23. The molecule has 3 heterocycles. The molecule has 1 fully saturated rings. The second kappa shape index (κ2) is 8.51. The van der Waals surface area contributed by atoms with E-state index in [-0.39, 0.29) is 5.82 Å². The lowest BCUT2D eigenvalue weighted by atomic mass is 9.98. The molecule has 2 aromatic heterocycles. The molecule has 0 radical (unpaired) electrons. The molecule has 166 valence electrons. The monoisotopic (exact) mass is 432 g/mol. The van der Waals surface area contributed by atoms with E-state index in [2.05, 4.69) is 40.0 Å². The molecule has 2 aliphatic rings. The molecule has 6 nitrogen and oxygen atoms in total. The first-order valence-corrected chi connectivity index (χ1v) is 11.5. The summed E-state index contributed by atoms with van der Waals surface area (Å²) in [5, 5.41) is 0. The van der Waals surface area contributed by atoms with E-state index in [1.165, 1.54) is 36.8 Å². The van der Waals surface area contributed by atoms with Crippen LogP contribution in [0, 0.1) is 18.4 Å². The first-order chi connectivity index (χ1) is 15.5. The summed E-state index contributed by atoms with van der Waals surface area (Å²) in [7, 11) is 2.18. The Morgan fingerprint density at radius 2 is 1.97 bits per heavy atom. The van der Waals surface area contributed by atoms with E-state index in [1.807, 2.05) is 4.57 Å². The summed E-state index contributed by atoms with van der Waals surface area (Å²) in [6.45, 7) is 1.82. The Labute approximate surface area is 188 Å². The van der Waals surface area contributed by atoms with E-state index in [1.54, 1.807) is 0 Å². The van der Waals surface area contributed by atoms with Crippen LogP contribution < -0.4 is 5.73 Å². The smallest absolute Gasteiger partial charge is 0.312 e. The number of imidazole rings is 1. The first kappa shape index (κ1) is 20.9. The Kier molecular flexibility index (Phi) is 5.56. The molecule has 32 heavy (non-hydrogen) atoms. The lowest BCUT2D eigenvalue weighted by Crippen LogP contribution is -2.36. The average molecular weight is 433 g/mol. The van der Waals surface area contributed by atoms with Gasteiger partial charge in [-0.2, -0.15) is 14.4 Å². The highest BCUT2D eigenvalue weighted by Crippen LogP contribution is 2.29. The van der Waals surface area contributed by atoms with Gasteiger partial charge in [-0.05, 0) is 74.9 Å². The molecule has 1 aromatic carbocycles. The Morgan fingerprint density at radius 1 is 1.16 bits per heavy atom. The van der Waals surface area contributed by atoms with E-state index < -0.39 is 6.08 Å². The molecule has 1 atom stereocenters. The van der Waals surface area contributed by atoms with Crippen LogP contribution in [-0.4, -0.2) is 44.1 Å². The van der Waals surface area contributed by atoms with E-state index in [0.717, 1.165) is 42.8 Å². The van der Waals surface area contributed by atoms with Crippen LogP contribution in [0.25, 0.3) is 11.2 Å². The van der Waals surface area contributed by atoms with Crippen molar-refractivity contribution >= 4 is 17.0 Å². The van der Waals surface area contributed by atoms with Gasteiger partial charge in [0.15, 0.2) is 17.0 Å². The van der Waals surface area contributed by atoms with Crippen LogP contribution in [0.5, 0.6) is 0 Å². The average Bonchev–Trinajstić information content (AvgIpc) is 3.37. The molecular formula is C25H29FN6. The summed E-state index contributed by atoms with van der Waals surface area (Å²) in [4.78, 5) is 14.9. The third-order valence-electron chi connectivity index (χ3n) is 7.10. The van der Waals surface area contributed by atoms with Gasteiger partial charge in [0.1, 0.15) is 5.82 Å². The van der Waals surface area contributed by atoms with Crippen molar-refractivity contribution in [2.45, 2.75) is 64.0 Å². The maximum Gasteiger partial charge on any atom is 0.312 e. The molecule has 0 bridgehead atoms. The normalized spacial score (nSPS) is 18.7. The minimum Gasteiger partial charge on any atom is -0.382 e. The van der Waals surface area contributed by atoms with Crippen molar-refractivity contribution in [2.24, 2.45) is 0 Å². The maximum atomic E-state index is 14.1. The second-order valence-electron chi connectivity index (χ2n) is 9.10. The third-order valence-corrected chi connectivity index (χ3v) is 7.10. The molecule has 1 aliphatic heterocycles. The summed E-state index contributed by atoms with van der Waals surface area (Å²) in [6.07, 6.45) is 13.6. The van der Waals surface area contributed by atoms with Crippen molar-refractivity contribution in [2.75, 3.05) is 19.3 Å². The molecule has 1 saturated heterocycles. The zero-order valence-corrected chi connectivity index (χ0v) is 18.6. The van der Waals surface area contributed by atoms with Gasteiger partial charge in [0.2, 0.25) is 0 Å². The lowest BCUT2D eigenvalue weighted by Gasteiger charge is -2.32. The fourth-order valence-corrected chi connectivity index (χ4v) is 5.32. The van der Waals surface area contributed by atoms with Gasteiger partial charge >= 0.3 is 6.08 Å². The molecule has 0 saturated carbocycles. The summed E-state index contributed by atoms with van der Waals surface area (Å²) in [6, 6.07) is 4.88. The fraction of sp³-hybridized carbons (Fsp3) is 0.480. The number of aryl methyl sites for hydroxylation is 3. The number of hydrogen-bond donors (Lipinski definition) is 1. The molecule has 0 amide bonds. The number of halogens is 1. The number of likely N-dealkylation sites (tertiary alicyclic amines) is 1. The maximum absolute atomic E-state index is 14.1. The SMILES string of the molecule is C#Cc1cc2c(cc1Cc1nc3c(N)nc(F)nc3n1CCC1CCCCN1C)CCC2. The molecule has 5 rings (SSSR count). The lowest BCUT2D eigenvalue weighted by molar-refractivity contribution is 0.171. The van der Waals surface area contributed by atoms with Crippen molar-refractivity contribution in [1.82, 2.24) is 24.4 Å². The van der Waals surface area contributed by atoms with Crippen molar-refractivity contribution in [1.29, 1.82) is 0 Å². The van der Waals surface area contributed by atoms with Crippen molar-refractivity contribution in [3.8, 4) is 12.3 Å². The minimum absolute atomic E-state index is 0.0772. The van der Waals surface area contributed by atoms with E-state index >= 15 is 0 Å². The van der Waals surface area contributed by atoms with Gasteiger partial charge in [-0.3, -0.25) is 0 Å². The Hall–Kier alpha value is -2.98. The predicted molar refractivity (Wildman–Crippen MR) is 124 cm³/mol. The van der Waals surface area contributed by atoms with Gasteiger partial charge in [-0.1, -0.05) is 18.4 Å². The van der Waals surface area contributed by atoms with Crippen LogP contribution in [0.2, 0.25) is 0 Å². The summed E-state index contributed by atoms with van der Waals surface area (Å²) < 4.78 is 16.1. The Bertz CT molecular complexity index is 1210. The zero-order chi connectivity index (χ0) is 22.2. The number of hydrogen-bond acceptors (Lipinski definition) is 5. The summed E-state index contributed by atoms with van der Waals surface area (Å²) >= 11 is 0. The number of piperidine rings is 1. The van der Waals surface area contributed by atoms with Crippen LogP contribution in [-0.2, 0) is 25.8 Å². The van der Waals surface area contributed by atoms with Gasteiger partial charge in [-0.25, -0.2) is 4.98 Å². The second-order valence-corrected chi connectivity index (χ2v) is 9.10. The van der Waals surface area contributed by atoms with E-state index in [9.17, 15) is 4.39 Å². The van der Waals surface area contributed by atoms with Crippen molar-refractivity contribution in [3.63, 3.8) is 0 Å². The van der Waals surface area contributed by atoms with Gasteiger partial charge in [0.05, 0.1) is 0 Å². The number of benzene rings is 1. The van der Waals surface area contributed by atoms with Gasteiger partial charge in [0.25, 0.3) is 0 Å². The topological polar surface area (TPSA) is 72.9 Å². The number of anilines is 1. The Balaban J connectivity index is 1.53. The summed E-state index contributed by atoms with van der Waals surface area (Å²) in [5.74, 6) is 3.73. The quantitative estimate of drug-likeness (QED) is 0.494. The molecule has 1 unspecified atom stereocenters. The van der Waals surface area contributed by atoms with E-state index in [4.69, 9.17) is 17.1 Å². The van der Waals surface area contributed by atoms with Crippen LogP contribution >= 0.6 is 0 Å². The van der Waals surface area contributed by atoms with Crippen LogP contribution in [0.4, 0.5) is 10.2 Å². The highest BCUT2D eigenvalue weighted by molar-refractivity contribution is 5.82. The van der Waals surface area contributed by atoms with Crippen LogP contribution in [0.1, 0.15) is 60.2 Å². The number of nitrogens with two attached hydrogens (primary N) is 1. The molecule has 3 aromatic rings. The number of rotatable bonds is 5. The summed E-state index contributed by atoms with van der Waals surface area (Å²) in [5.41, 5.74) is 11.6. The minimum atomic E-state index is -0.820. The van der Waals surface area contributed by atoms with Gasteiger partial charge < -0.3 is 15.2 Å². The number of terminal acetylenes is 1. The highest BCUT2D eigenvalue weighted by atomic mass is 19.1. The number of fused-ring (bicyclic) bond motifs is 2. The number of aromatic nitrogens is 4. The molecule has 0 spiro atoms. The Morgan fingerprint density at radius 3 is 2.75 bits per heavy atom. The van der Waals surface area contributed by atoms with E-state index in [0.29, 0.717) is 30.2 Å². The van der Waals surface area contributed by atoms with Crippen LogP contribution in [0.3, 0.4) is 0 Å². The van der Waals surface area contributed by atoms with Gasteiger partial charge in [-0.15, -0.1) is 6.42 Å². The molecule has 7 heteroatoms. The molecule has 1 aliphatic carbocycles. The predicted octanol–water partition coefficient (Wildman–Crippen LogP) is 3.48. The number of nitrogens with zero attached hydrogens (tertiary/aromatic N) is 5. The standard InChI is InChI=1S/C25H29FN6/c1-3-16-13-17-7-6-8-18(17)14-19(16)15-21-28-22-23(27)29-25(26)30-24(22)32(21)12-10-20-9-4-5-11-31(20)2/h1,13-14,20H,4-12,15H2,2H3,(H2,27,29,30). The van der Waals surface area contributed by atoms with Crippen molar-refractivity contribution < 1.29 is 4.39 Å². The largest absolute Gasteiger partial charge is 0.382 e. The number of nitrogen functional groups attached to an aromatic ring is 1. The molecule has 2 N–H and O–H groups in total. The third kappa shape index (κ3) is 3.84. The van der Waals surface area contributed by atoms with Crippen LogP contribution in [0.15, 0.2) is 12.1 Å². The molecular weight excluding hydrogens is 403 g/mol. The van der Waals surface area contributed by atoms with Crippen molar-refractivity contribution in [3.05, 3.63) is 46.3 Å². The zero-order valence-electron chi connectivity index (χ0n) is 18.6. The fourth-order valence-electron chi connectivity index (χ4n) is 5.32. The van der Waals surface area contributed by atoms with Gasteiger partial charge in [0, 0.05) is 24.6 Å². The first-order valence-electron chi connectivity index (χ1n) is 11.5.